The maximum atomic E-state index is 12.6. The van der Waals surface area contributed by atoms with Gasteiger partial charge < -0.3 is 20.9 Å². The fraction of sp³-hybridized carbons (Fsp3) is 0.571. The summed E-state index contributed by atoms with van der Waals surface area (Å²) in [4.78, 5) is 30.6. The highest BCUT2D eigenvalue weighted by Crippen LogP contribution is 2.38. The number of aliphatic imine (C=N–C) groups is 1. The number of nitrogens with one attached hydrogen (secondary N) is 3. The van der Waals surface area contributed by atoms with Gasteiger partial charge in [-0.3, -0.25) is 14.6 Å². The predicted octanol–water partition coefficient (Wildman–Crippen LogP) is 1.62. The number of hydrogen-bond donors (Lipinski definition) is 3. The molecule has 0 heterocycles. The average Bonchev–Trinajstić information content (AvgIpc) is 3.19. The smallest absolute Gasteiger partial charge is 0.251 e. The highest BCUT2D eigenvalue weighted by atomic mass is 16.2. The van der Waals surface area contributed by atoms with E-state index in [4.69, 9.17) is 0 Å². The molecule has 154 valence electrons. The van der Waals surface area contributed by atoms with Crippen LogP contribution in [-0.2, 0) is 4.79 Å². The highest BCUT2D eigenvalue weighted by molar-refractivity contribution is 5.94. The lowest BCUT2D eigenvalue weighted by Gasteiger charge is -2.31. The number of rotatable bonds is 8. The van der Waals surface area contributed by atoms with Crippen LogP contribution in [0.2, 0.25) is 0 Å². The first kappa shape index (κ1) is 21.7. The van der Waals surface area contributed by atoms with Crippen molar-refractivity contribution in [3.63, 3.8) is 0 Å². The third kappa shape index (κ3) is 5.97. The molecule has 28 heavy (non-hydrogen) atoms. The molecular weight excluding hydrogens is 354 g/mol. The molecule has 1 fully saturated rings. The van der Waals surface area contributed by atoms with E-state index in [2.05, 4.69) is 20.9 Å². The summed E-state index contributed by atoms with van der Waals surface area (Å²) in [5.74, 6) is 0.817. The van der Waals surface area contributed by atoms with Gasteiger partial charge in [0.2, 0.25) is 5.91 Å². The van der Waals surface area contributed by atoms with E-state index in [-0.39, 0.29) is 17.2 Å². The third-order valence-electron chi connectivity index (χ3n) is 5.21. The first-order chi connectivity index (χ1) is 13.5. The molecular formula is C21H33N5O2. The zero-order chi connectivity index (χ0) is 20.4. The van der Waals surface area contributed by atoms with Crippen molar-refractivity contribution in [1.82, 2.24) is 20.9 Å². The molecule has 0 saturated heterocycles. The lowest BCUT2D eigenvalue weighted by atomic mass is 9.84. The molecule has 1 saturated carbocycles. The van der Waals surface area contributed by atoms with E-state index in [0.717, 1.165) is 32.1 Å². The van der Waals surface area contributed by atoms with Crippen LogP contribution in [0.5, 0.6) is 0 Å². The Morgan fingerprint density at radius 2 is 1.68 bits per heavy atom. The molecule has 2 amide bonds. The summed E-state index contributed by atoms with van der Waals surface area (Å²) in [6, 6.07) is 9.19. The summed E-state index contributed by atoms with van der Waals surface area (Å²) < 4.78 is 0. The van der Waals surface area contributed by atoms with Crippen LogP contribution in [0.4, 0.5) is 0 Å². The van der Waals surface area contributed by atoms with Gasteiger partial charge in [-0.05, 0) is 31.4 Å². The number of benzene rings is 1. The van der Waals surface area contributed by atoms with Crippen LogP contribution >= 0.6 is 0 Å². The number of carbonyl (C=O) groups excluding carboxylic acids is 2. The molecule has 7 heteroatoms. The van der Waals surface area contributed by atoms with E-state index >= 15 is 0 Å². The van der Waals surface area contributed by atoms with Gasteiger partial charge in [0.25, 0.3) is 5.91 Å². The van der Waals surface area contributed by atoms with Gasteiger partial charge in [0.15, 0.2) is 5.96 Å². The zero-order valence-electron chi connectivity index (χ0n) is 17.3. The maximum Gasteiger partial charge on any atom is 0.251 e. The molecule has 7 nitrogen and oxygen atoms in total. The van der Waals surface area contributed by atoms with Gasteiger partial charge >= 0.3 is 0 Å². The minimum atomic E-state index is -0.329. The Balaban J connectivity index is 1.71. The van der Waals surface area contributed by atoms with Crippen LogP contribution in [0, 0.1) is 5.41 Å². The molecule has 2 rings (SSSR count). The molecule has 0 aromatic heterocycles. The van der Waals surface area contributed by atoms with Crippen LogP contribution in [0.15, 0.2) is 35.3 Å². The molecule has 0 bridgehead atoms. The largest absolute Gasteiger partial charge is 0.356 e. The summed E-state index contributed by atoms with van der Waals surface area (Å²) in [5.41, 5.74) is 0.338. The fourth-order valence-electron chi connectivity index (χ4n) is 3.65. The Bertz CT molecular complexity index is 667. The number of nitrogens with zero attached hydrogens (tertiary/aromatic N) is 2. The van der Waals surface area contributed by atoms with E-state index in [1.54, 1.807) is 24.1 Å². The quantitative estimate of drug-likeness (QED) is 0.359. The normalized spacial score (nSPS) is 15.8. The second-order valence-corrected chi connectivity index (χ2v) is 7.52. The summed E-state index contributed by atoms with van der Waals surface area (Å²) in [6.07, 6.45) is 4.79. The Morgan fingerprint density at radius 3 is 2.29 bits per heavy atom. The van der Waals surface area contributed by atoms with Crippen molar-refractivity contribution in [2.45, 2.75) is 32.1 Å². The third-order valence-corrected chi connectivity index (χ3v) is 5.21. The molecule has 1 aliphatic rings. The van der Waals surface area contributed by atoms with E-state index in [1.807, 2.05) is 32.3 Å². The second-order valence-electron chi connectivity index (χ2n) is 7.52. The Morgan fingerprint density at radius 1 is 1.04 bits per heavy atom. The van der Waals surface area contributed by atoms with Gasteiger partial charge in [-0.1, -0.05) is 31.0 Å². The minimum absolute atomic E-state index is 0.0616. The first-order valence-corrected chi connectivity index (χ1v) is 9.98. The molecule has 1 aliphatic carbocycles. The van der Waals surface area contributed by atoms with Crippen molar-refractivity contribution >= 4 is 17.8 Å². The molecule has 3 N–H and O–H groups in total. The zero-order valence-corrected chi connectivity index (χ0v) is 17.3. The summed E-state index contributed by atoms with van der Waals surface area (Å²) >= 11 is 0. The van der Waals surface area contributed by atoms with Crippen LogP contribution in [0.3, 0.4) is 0 Å². The Kier molecular flexibility index (Phi) is 8.29. The molecule has 0 atom stereocenters. The van der Waals surface area contributed by atoms with E-state index in [9.17, 15) is 9.59 Å². The standard InChI is InChI=1S/C21H33N5O2/c1-22-20(25-16-21(12-7-8-13-21)19(28)26(2)3)24-15-9-14-23-18(27)17-10-5-4-6-11-17/h4-6,10-11H,7-9,12-16H2,1-3H3,(H,23,27)(H2,22,24,25). The molecule has 1 aromatic rings. The molecule has 0 unspecified atom stereocenters. The first-order valence-electron chi connectivity index (χ1n) is 9.98. The molecule has 0 aliphatic heterocycles. The Hall–Kier alpha value is -2.57. The monoisotopic (exact) mass is 387 g/mol. The number of guanidine groups is 1. The number of amides is 2. The van der Waals surface area contributed by atoms with E-state index in [1.165, 1.54) is 0 Å². The van der Waals surface area contributed by atoms with Crippen LogP contribution in [-0.4, -0.2) is 63.5 Å². The topological polar surface area (TPSA) is 85.8 Å². The average molecular weight is 388 g/mol. The maximum absolute atomic E-state index is 12.6. The van der Waals surface area contributed by atoms with E-state index < -0.39 is 0 Å². The second kappa shape index (κ2) is 10.7. The van der Waals surface area contributed by atoms with Crippen LogP contribution < -0.4 is 16.0 Å². The van der Waals surface area contributed by atoms with Gasteiger partial charge in [0.05, 0.1) is 5.41 Å². The van der Waals surface area contributed by atoms with E-state index in [0.29, 0.717) is 31.2 Å². The summed E-state index contributed by atoms with van der Waals surface area (Å²) in [7, 11) is 5.36. The molecule has 0 spiro atoms. The molecule has 1 aromatic carbocycles. The summed E-state index contributed by atoms with van der Waals surface area (Å²) in [6.45, 7) is 1.86. The highest BCUT2D eigenvalue weighted by Gasteiger charge is 2.42. The van der Waals surface area contributed by atoms with Gasteiger partial charge in [-0.25, -0.2) is 0 Å². The number of hydrogen-bond acceptors (Lipinski definition) is 3. The SMILES string of the molecule is CN=C(NCCCNC(=O)c1ccccc1)NCC1(C(=O)N(C)C)CCCC1. The van der Waals surface area contributed by atoms with Gasteiger partial charge in [0.1, 0.15) is 0 Å². The molecule has 0 radical (unpaired) electrons. The van der Waals surface area contributed by atoms with Crippen molar-refractivity contribution in [2.75, 3.05) is 40.8 Å². The van der Waals surface area contributed by atoms with Gasteiger partial charge in [0, 0.05) is 46.3 Å². The van der Waals surface area contributed by atoms with Crippen molar-refractivity contribution in [1.29, 1.82) is 0 Å². The lowest BCUT2D eigenvalue weighted by molar-refractivity contribution is -0.138. The van der Waals surface area contributed by atoms with Crippen molar-refractivity contribution in [3.05, 3.63) is 35.9 Å². The Labute approximate surface area is 168 Å². The van der Waals surface area contributed by atoms with Crippen molar-refractivity contribution < 1.29 is 9.59 Å². The predicted molar refractivity (Wildman–Crippen MR) is 112 cm³/mol. The summed E-state index contributed by atoms with van der Waals surface area (Å²) in [5, 5.41) is 9.48. The van der Waals surface area contributed by atoms with Crippen LogP contribution in [0.25, 0.3) is 0 Å². The van der Waals surface area contributed by atoms with Crippen molar-refractivity contribution in [2.24, 2.45) is 10.4 Å². The van der Waals surface area contributed by atoms with Gasteiger partial charge in [-0.2, -0.15) is 0 Å². The van der Waals surface area contributed by atoms with Gasteiger partial charge in [-0.15, -0.1) is 0 Å². The lowest BCUT2D eigenvalue weighted by Crippen LogP contribution is -2.49. The fourth-order valence-corrected chi connectivity index (χ4v) is 3.65. The number of carbonyl (C=O) groups is 2. The minimum Gasteiger partial charge on any atom is -0.356 e. The van der Waals surface area contributed by atoms with Crippen molar-refractivity contribution in [3.8, 4) is 0 Å². The van der Waals surface area contributed by atoms with Crippen LogP contribution in [0.1, 0.15) is 42.5 Å².